The molecular formula is C6H12N2. The van der Waals surface area contributed by atoms with Crippen molar-refractivity contribution in [2.45, 2.75) is 13.8 Å². The molecule has 2 heteroatoms. The molecule has 46 valence electrons. The first kappa shape index (κ1) is 7.21. The lowest BCUT2D eigenvalue weighted by molar-refractivity contribution is 1.37. The molecule has 0 bridgehead atoms. The minimum atomic E-state index is 0.993. The topological polar surface area (TPSA) is 38.4 Å². The third-order valence-corrected chi connectivity index (χ3v) is 1.16. The van der Waals surface area contributed by atoms with Crippen molar-refractivity contribution in [2.24, 2.45) is 10.7 Å². The average Bonchev–Trinajstić information content (AvgIpc) is 1.84. The van der Waals surface area contributed by atoms with E-state index in [9.17, 15) is 0 Å². The molecule has 0 fully saturated rings. The lowest BCUT2D eigenvalue weighted by Crippen LogP contribution is -1.95. The maximum absolute atomic E-state index is 5.21. The van der Waals surface area contributed by atoms with E-state index in [4.69, 9.17) is 5.73 Å². The Morgan fingerprint density at radius 2 is 2.00 bits per heavy atom. The Morgan fingerprint density at radius 1 is 1.50 bits per heavy atom. The smallest absolute Gasteiger partial charge is 0.0357 e. The summed E-state index contributed by atoms with van der Waals surface area (Å²) in [6, 6.07) is 0. The highest BCUT2D eigenvalue weighted by molar-refractivity contribution is 5.97. The summed E-state index contributed by atoms with van der Waals surface area (Å²) in [6.45, 7) is 3.86. The van der Waals surface area contributed by atoms with Gasteiger partial charge in [-0.1, -0.05) is 0 Å². The third kappa shape index (κ3) is 1.78. The molecule has 0 amide bonds. The SMILES string of the molecule is CN=C(C)/C(C)=C\N. The molecule has 2 nitrogen and oxygen atoms in total. The van der Waals surface area contributed by atoms with Gasteiger partial charge in [-0.3, -0.25) is 4.99 Å². The van der Waals surface area contributed by atoms with E-state index < -0.39 is 0 Å². The van der Waals surface area contributed by atoms with Crippen LogP contribution in [0, 0.1) is 0 Å². The second-order valence-corrected chi connectivity index (χ2v) is 1.66. The van der Waals surface area contributed by atoms with Crippen molar-refractivity contribution in [1.82, 2.24) is 0 Å². The lowest BCUT2D eigenvalue weighted by Gasteiger charge is -1.93. The molecule has 0 aromatic rings. The quantitative estimate of drug-likeness (QED) is 0.504. The van der Waals surface area contributed by atoms with Crippen LogP contribution in [0.2, 0.25) is 0 Å². The van der Waals surface area contributed by atoms with E-state index >= 15 is 0 Å². The van der Waals surface area contributed by atoms with Gasteiger partial charge in [-0.25, -0.2) is 0 Å². The van der Waals surface area contributed by atoms with Crippen molar-refractivity contribution in [2.75, 3.05) is 7.05 Å². The second-order valence-electron chi connectivity index (χ2n) is 1.66. The molecule has 0 aromatic heterocycles. The molecule has 8 heavy (non-hydrogen) atoms. The second kappa shape index (κ2) is 3.24. The van der Waals surface area contributed by atoms with Gasteiger partial charge in [0.15, 0.2) is 0 Å². The average molecular weight is 112 g/mol. The minimum absolute atomic E-state index is 0.993. The van der Waals surface area contributed by atoms with Gasteiger partial charge >= 0.3 is 0 Å². The van der Waals surface area contributed by atoms with Gasteiger partial charge in [0.2, 0.25) is 0 Å². The minimum Gasteiger partial charge on any atom is -0.404 e. The number of hydrogen-bond acceptors (Lipinski definition) is 2. The van der Waals surface area contributed by atoms with Gasteiger partial charge in [-0.2, -0.15) is 0 Å². The standard InChI is InChI=1S/C6H12N2/c1-5(4-7)6(2)8-3/h4H,7H2,1-3H3/b5-4-,8-6?. The normalized spacial score (nSPS) is 14.4. The summed E-state index contributed by atoms with van der Waals surface area (Å²) in [6.07, 6.45) is 1.56. The Hall–Kier alpha value is -0.790. The summed E-state index contributed by atoms with van der Waals surface area (Å²) in [5.74, 6) is 0. The highest BCUT2D eigenvalue weighted by Crippen LogP contribution is 1.91. The van der Waals surface area contributed by atoms with Crippen molar-refractivity contribution in [1.29, 1.82) is 0 Å². The molecule has 0 atom stereocenters. The summed E-state index contributed by atoms with van der Waals surface area (Å²) in [5, 5.41) is 0. The Bertz CT molecular complexity index is 106. The van der Waals surface area contributed by atoms with Crippen LogP contribution in [-0.4, -0.2) is 12.8 Å². The summed E-state index contributed by atoms with van der Waals surface area (Å²) in [4.78, 5) is 3.93. The number of hydrogen-bond donors (Lipinski definition) is 1. The van der Waals surface area contributed by atoms with Crippen LogP contribution in [-0.2, 0) is 0 Å². The van der Waals surface area contributed by atoms with Gasteiger partial charge < -0.3 is 5.73 Å². The van der Waals surface area contributed by atoms with E-state index in [0.29, 0.717) is 0 Å². The van der Waals surface area contributed by atoms with E-state index in [-0.39, 0.29) is 0 Å². The number of nitrogens with two attached hydrogens (primary N) is 1. The maximum Gasteiger partial charge on any atom is 0.0357 e. The monoisotopic (exact) mass is 112 g/mol. The Kier molecular flexibility index (Phi) is 2.92. The molecule has 0 radical (unpaired) electrons. The number of rotatable bonds is 1. The molecule has 0 aliphatic heterocycles. The van der Waals surface area contributed by atoms with Crippen molar-refractivity contribution in [3.63, 3.8) is 0 Å². The predicted molar refractivity (Wildman–Crippen MR) is 37.0 cm³/mol. The van der Waals surface area contributed by atoms with Crippen LogP contribution in [0.15, 0.2) is 16.8 Å². The summed E-state index contributed by atoms with van der Waals surface area (Å²) < 4.78 is 0. The van der Waals surface area contributed by atoms with Crippen LogP contribution in [0.25, 0.3) is 0 Å². The third-order valence-electron chi connectivity index (χ3n) is 1.16. The fraction of sp³-hybridized carbons (Fsp3) is 0.500. The number of allylic oxidation sites excluding steroid dienone is 1. The first-order chi connectivity index (χ1) is 3.72. The molecule has 0 spiro atoms. The van der Waals surface area contributed by atoms with Gasteiger partial charge in [0, 0.05) is 12.8 Å². The largest absolute Gasteiger partial charge is 0.404 e. The molecule has 0 saturated heterocycles. The van der Waals surface area contributed by atoms with E-state index in [1.54, 1.807) is 13.2 Å². The van der Waals surface area contributed by atoms with Crippen LogP contribution in [0.5, 0.6) is 0 Å². The molecule has 0 heterocycles. The molecule has 2 N–H and O–H groups in total. The molecule has 0 aromatic carbocycles. The molecule has 0 unspecified atom stereocenters. The van der Waals surface area contributed by atoms with Crippen molar-refractivity contribution in [3.05, 3.63) is 11.8 Å². The molecule has 0 aliphatic rings. The zero-order chi connectivity index (χ0) is 6.57. The molecular weight excluding hydrogens is 100 g/mol. The highest BCUT2D eigenvalue weighted by Gasteiger charge is 1.87. The zero-order valence-electron chi connectivity index (χ0n) is 5.60. The predicted octanol–water partition coefficient (Wildman–Crippen LogP) is 0.940. The maximum atomic E-state index is 5.21. The van der Waals surface area contributed by atoms with Gasteiger partial charge in [0.1, 0.15) is 0 Å². The van der Waals surface area contributed by atoms with Gasteiger partial charge in [-0.05, 0) is 25.6 Å². The van der Waals surface area contributed by atoms with Gasteiger partial charge in [0.25, 0.3) is 0 Å². The van der Waals surface area contributed by atoms with Crippen LogP contribution >= 0.6 is 0 Å². The lowest BCUT2D eigenvalue weighted by atomic mass is 10.2. The Balaban J connectivity index is 4.04. The van der Waals surface area contributed by atoms with E-state index in [0.717, 1.165) is 11.3 Å². The number of nitrogens with zero attached hydrogens (tertiary/aromatic N) is 1. The van der Waals surface area contributed by atoms with Crippen molar-refractivity contribution >= 4 is 5.71 Å². The van der Waals surface area contributed by atoms with Gasteiger partial charge in [-0.15, -0.1) is 0 Å². The van der Waals surface area contributed by atoms with E-state index in [1.807, 2.05) is 13.8 Å². The molecule has 0 rings (SSSR count). The first-order valence-electron chi connectivity index (χ1n) is 2.54. The van der Waals surface area contributed by atoms with Crippen molar-refractivity contribution < 1.29 is 0 Å². The fourth-order valence-electron chi connectivity index (χ4n) is 0.297. The summed E-state index contributed by atoms with van der Waals surface area (Å²) >= 11 is 0. The summed E-state index contributed by atoms with van der Waals surface area (Å²) in [7, 11) is 1.75. The first-order valence-corrected chi connectivity index (χ1v) is 2.54. The van der Waals surface area contributed by atoms with Crippen molar-refractivity contribution in [3.8, 4) is 0 Å². The van der Waals surface area contributed by atoms with E-state index in [1.165, 1.54) is 0 Å². The summed E-state index contributed by atoms with van der Waals surface area (Å²) in [5.41, 5.74) is 7.23. The van der Waals surface area contributed by atoms with E-state index in [2.05, 4.69) is 4.99 Å². The zero-order valence-corrected chi connectivity index (χ0v) is 5.60. The Labute approximate surface area is 50.1 Å². The fourth-order valence-corrected chi connectivity index (χ4v) is 0.297. The van der Waals surface area contributed by atoms with Crippen LogP contribution in [0.4, 0.5) is 0 Å². The van der Waals surface area contributed by atoms with Crippen LogP contribution in [0.1, 0.15) is 13.8 Å². The van der Waals surface area contributed by atoms with Crippen LogP contribution < -0.4 is 5.73 Å². The Morgan fingerprint density at radius 3 is 2.12 bits per heavy atom. The molecule has 0 aliphatic carbocycles. The highest BCUT2D eigenvalue weighted by atomic mass is 14.7. The molecule has 0 saturated carbocycles. The van der Waals surface area contributed by atoms with Gasteiger partial charge in [0.05, 0.1) is 0 Å². The number of aliphatic imine (C=N–C) groups is 1. The van der Waals surface area contributed by atoms with Crippen LogP contribution in [0.3, 0.4) is 0 Å².